The number of hydrogen-bond donors (Lipinski definition) is 1. The Morgan fingerprint density at radius 2 is 2.10 bits per heavy atom. The fourth-order valence-electron chi connectivity index (χ4n) is 1.92. The molecular weight excluding hydrogens is 272 g/mol. The number of anilines is 1. The van der Waals surface area contributed by atoms with Gasteiger partial charge >= 0.3 is 0 Å². The van der Waals surface area contributed by atoms with Crippen LogP contribution < -0.4 is 10.6 Å². The van der Waals surface area contributed by atoms with Crippen molar-refractivity contribution in [2.75, 3.05) is 32.1 Å². The van der Waals surface area contributed by atoms with Crippen LogP contribution in [0.1, 0.15) is 24.5 Å². The molecule has 1 aromatic rings. The Labute approximate surface area is 125 Å². The van der Waals surface area contributed by atoms with Crippen molar-refractivity contribution < 1.29 is 4.79 Å². The van der Waals surface area contributed by atoms with Gasteiger partial charge in [0, 0.05) is 26.8 Å². The molecule has 1 heterocycles. The van der Waals surface area contributed by atoms with Crippen molar-refractivity contribution >= 4 is 28.9 Å². The van der Waals surface area contributed by atoms with Crippen LogP contribution in [0.15, 0.2) is 12.3 Å². The first kappa shape index (κ1) is 16.4. The largest absolute Gasteiger partial charge is 0.389 e. The highest BCUT2D eigenvalue weighted by atomic mass is 32.1. The number of pyridine rings is 1. The van der Waals surface area contributed by atoms with E-state index in [2.05, 4.69) is 11.9 Å². The Balaban J connectivity index is 3.18. The summed E-state index contributed by atoms with van der Waals surface area (Å²) < 4.78 is 0. The Morgan fingerprint density at radius 1 is 1.45 bits per heavy atom. The number of amides is 1. The molecule has 110 valence electrons. The molecule has 0 fully saturated rings. The third kappa shape index (κ3) is 3.90. The fraction of sp³-hybridized carbons (Fsp3) is 0.500. The van der Waals surface area contributed by atoms with Gasteiger partial charge < -0.3 is 15.5 Å². The average Bonchev–Trinajstić information content (AvgIpc) is 2.37. The molecule has 0 aromatic carbocycles. The van der Waals surface area contributed by atoms with Gasteiger partial charge in [0.2, 0.25) is 5.91 Å². The van der Waals surface area contributed by atoms with Gasteiger partial charge in [0.25, 0.3) is 0 Å². The molecule has 1 aromatic heterocycles. The summed E-state index contributed by atoms with van der Waals surface area (Å²) in [5.74, 6) is 0.713. The molecule has 0 saturated heterocycles. The molecule has 0 spiro atoms. The molecule has 6 heteroatoms. The van der Waals surface area contributed by atoms with Crippen molar-refractivity contribution in [2.45, 2.75) is 20.3 Å². The van der Waals surface area contributed by atoms with Crippen molar-refractivity contribution in [3.8, 4) is 0 Å². The zero-order valence-corrected chi connectivity index (χ0v) is 13.3. The lowest BCUT2D eigenvalue weighted by atomic mass is 10.1. The summed E-state index contributed by atoms with van der Waals surface area (Å²) in [5, 5.41) is 0. The number of carbonyl (C=O) groups excluding carboxylic acids is 1. The topological polar surface area (TPSA) is 62.5 Å². The Bertz CT molecular complexity index is 502. The molecule has 1 amide bonds. The van der Waals surface area contributed by atoms with Crippen molar-refractivity contribution in [1.29, 1.82) is 0 Å². The molecule has 0 saturated carbocycles. The first-order valence-corrected chi connectivity index (χ1v) is 6.99. The summed E-state index contributed by atoms with van der Waals surface area (Å²) >= 11 is 5.12. The van der Waals surface area contributed by atoms with E-state index in [-0.39, 0.29) is 12.5 Å². The number of aryl methyl sites for hydroxylation is 1. The van der Waals surface area contributed by atoms with Crippen LogP contribution in [-0.2, 0) is 4.79 Å². The zero-order valence-electron chi connectivity index (χ0n) is 12.5. The van der Waals surface area contributed by atoms with E-state index in [0.717, 1.165) is 24.1 Å². The number of nitrogens with zero attached hydrogens (tertiary/aromatic N) is 3. The minimum absolute atomic E-state index is 0.0237. The van der Waals surface area contributed by atoms with Gasteiger partial charge in [0.1, 0.15) is 10.8 Å². The highest BCUT2D eigenvalue weighted by molar-refractivity contribution is 7.80. The molecule has 0 aliphatic rings. The van der Waals surface area contributed by atoms with Crippen molar-refractivity contribution in [3.63, 3.8) is 0 Å². The highest BCUT2D eigenvalue weighted by Gasteiger charge is 2.19. The van der Waals surface area contributed by atoms with E-state index < -0.39 is 0 Å². The maximum Gasteiger partial charge on any atom is 0.241 e. The smallest absolute Gasteiger partial charge is 0.241 e. The number of likely N-dealkylation sites (N-methyl/N-ethyl adjacent to an activating group) is 1. The van der Waals surface area contributed by atoms with Crippen molar-refractivity contribution in [3.05, 3.63) is 23.4 Å². The van der Waals surface area contributed by atoms with Gasteiger partial charge in [-0.25, -0.2) is 4.98 Å². The number of aromatic nitrogens is 1. The maximum absolute atomic E-state index is 12.0. The summed E-state index contributed by atoms with van der Waals surface area (Å²) in [6, 6.07) is 1.87. The molecule has 2 N–H and O–H groups in total. The number of rotatable bonds is 6. The molecule has 5 nitrogen and oxygen atoms in total. The van der Waals surface area contributed by atoms with E-state index in [1.54, 1.807) is 25.2 Å². The highest BCUT2D eigenvalue weighted by Crippen LogP contribution is 2.21. The van der Waals surface area contributed by atoms with E-state index in [0.29, 0.717) is 10.8 Å². The van der Waals surface area contributed by atoms with Crippen LogP contribution in [0.3, 0.4) is 0 Å². The number of hydrogen-bond acceptors (Lipinski definition) is 4. The lowest BCUT2D eigenvalue weighted by Gasteiger charge is -2.26. The normalized spacial score (nSPS) is 10.2. The predicted octanol–water partition coefficient (Wildman–Crippen LogP) is 1.33. The van der Waals surface area contributed by atoms with Gasteiger partial charge in [0.05, 0.1) is 12.1 Å². The molecule has 0 radical (unpaired) electrons. The third-order valence-electron chi connectivity index (χ3n) is 3.00. The first-order valence-electron chi connectivity index (χ1n) is 6.59. The van der Waals surface area contributed by atoms with Crippen LogP contribution >= 0.6 is 12.2 Å². The zero-order chi connectivity index (χ0) is 15.3. The van der Waals surface area contributed by atoms with E-state index in [1.165, 1.54) is 0 Å². The van der Waals surface area contributed by atoms with Gasteiger partial charge in [-0.2, -0.15) is 0 Å². The van der Waals surface area contributed by atoms with Gasteiger partial charge in [-0.15, -0.1) is 0 Å². The molecule has 0 unspecified atom stereocenters. The second-order valence-corrected chi connectivity index (χ2v) is 5.34. The number of nitrogens with two attached hydrogens (primary N) is 1. The second kappa shape index (κ2) is 7.19. The lowest BCUT2D eigenvalue weighted by molar-refractivity contribution is -0.127. The molecular formula is C14H22N4OS. The van der Waals surface area contributed by atoms with Crippen LogP contribution in [0.5, 0.6) is 0 Å². The molecule has 0 atom stereocenters. The molecule has 1 rings (SSSR count). The Hall–Kier alpha value is -1.69. The summed E-state index contributed by atoms with van der Waals surface area (Å²) in [7, 11) is 3.48. The van der Waals surface area contributed by atoms with Gasteiger partial charge in [-0.05, 0) is 25.0 Å². The monoisotopic (exact) mass is 294 g/mol. The minimum Gasteiger partial charge on any atom is -0.389 e. The van der Waals surface area contributed by atoms with Crippen molar-refractivity contribution in [1.82, 2.24) is 9.88 Å². The number of carbonyl (C=O) groups is 1. The Kier molecular flexibility index (Phi) is 5.88. The summed E-state index contributed by atoms with van der Waals surface area (Å²) in [6.07, 6.45) is 2.63. The van der Waals surface area contributed by atoms with Crippen LogP contribution in [0, 0.1) is 6.92 Å². The lowest BCUT2D eigenvalue weighted by Crippen LogP contribution is -2.38. The molecule has 0 aliphatic carbocycles. The van der Waals surface area contributed by atoms with Crippen LogP contribution in [0.25, 0.3) is 0 Å². The van der Waals surface area contributed by atoms with Gasteiger partial charge in [0.15, 0.2) is 0 Å². The quantitative estimate of drug-likeness (QED) is 0.802. The summed E-state index contributed by atoms with van der Waals surface area (Å²) in [6.45, 7) is 5.00. The summed E-state index contributed by atoms with van der Waals surface area (Å²) in [4.78, 5) is 20.2. The predicted molar refractivity (Wildman–Crippen MR) is 86.1 cm³/mol. The standard InChI is InChI=1S/C14H22N4OS/c1-5-8-18(9-11(19)17(3)4)14-12(13(15)20)10(2)6-7-16-14/h6-7H,5,8-9H2,1-4H3,(H2,15,20). The van der Waals surface area contributed by atoms with Crippen LogP contribution in [0.2, 0.25) is 0 Å². The average molecular weight is 294 g/mol. The maximum atomic E-state index is 12.0. The minimum atomic E-state index is 0.0237. The van der Waals surface area contributed by atoms with E-state index in [1.807, 2.05) is 17.9 Å². The van der Waals surface area contributed by atoms with E-state index >= 15 is 0 Å². The van der Waals surface area contributed by atoms with E-state index in [9.17, 15) is 4.79 Å². The third-order valence-corrected chi connectivity index (χ3v) is 3.21. The van der Waals surface area contributed by atoms with Gasteiger partial charge in [-0.1, -0.05) is 19.1 Å². The summed E-state index contributed by atoms with van der Waals surface area (Å²) in [5.41, 5.74) is 7.53. The molecule has 20 heavy (non-hydrogen) atoms. The molecule has 0 bridgehead atoms. The van der Waals surface area contributed by atoms with Crippen LogP contribution in [0.4, 0.5) is 5.82 Å². The second-order valence-electron chi connectivity index (χ2n) is 4.90. The molecule has 0 aliphatic heterocycles. The van der Waals surface area contributed by atoms with Crippen LogP contribution in [-0.4, -0.2) is 48.0 Å². The van der Waals surface area contributed by atoms with Gasteiger partial charge in [-0.3, -0.25) is 4.79 Å². The van der Waals surface area contributed by atoms with E-state index in [4.69, 9.17) is 18.0 Å². The number of thiocarbonyl (C=S) groups is 1. The van der Waals surface area contributed by atoms with Crippen molar-refractivity contribution in [2.24, 2.45) is 5.73 Å². The SMILES string of the molecule is CCCN(CC(=O)N(C)C)c1nccc(C)c1C(N)=S. The fourth-order valence-corrected chi connectivity index (χ4v) is 2.17. The Morgan fingerprint density at radius 3 is 2.60 bits per heavy atom. The first-order chi connectivity index (χ1) is 9.38.